The molecule has 1 aliphatic rings. The summed E-state index contributed by atoms with van der Waals surface area (Å²) in [4.78, 5) is 22.2. The van der Waals surface area contributed by atoms with E-state index < -0.39 is 0 Å². The van der Waals surface area contributed by atoms with Crippen LogP contribution in [0.25, 0.3) is 0 Å². The van der Waals surface area contributed by atoms with Crippen molar-refractivity contribution in [2.24, 2.45) is 0 Å². The molecule has 3 aromatic rings. The molecule has 0 aliphatic carbocycles. The highest BCUT2D eigenvalue weighted by Gasteiger charge is 2.19. The fraction of sp³-hybridized carbons (Fsp3) is 0.150. The van der Waals surface area contributed by atoms with Gasteiger partial charge >= 0.3 is 6.03 Å². The molecule has 1 aliphatic heterocycles. The van der Waals surface area contributed by atoms with Gasteiger partial charge in [-0.3, -0.25) is 4.90 Å². The van der Waals surface area contributed by atoms with Crippen LogP contribution < -0.4 is 20.3 Å². The molecule has 0 bridgehead atoms. The molecule has 0 unspecified atom stereocenters. The van der Waals surface area contributed by atoms with Gasteiger partial charge in [0.2, 0.25) is 11.8 Å². The normalized spacial score (nSPS) is 13.8. The van der Waals surface area contributed by atoms with E-state index in [-0.39, 0.29) is 11.8 Å². The molecule has 0 atom stereocenters. The molecule has 0 radical (unpaired) electrons. The van der Waals surface area contributed by atoms with Crippen molar-refractivity contribution < 1.29 is 13.9 Å². The smallest absolute Gasteiger partial charge is 0.321 e. The molecular formula is C20H18FN5O2. The minimum Gasteiger partial charge on any atom is -0.439 e. The Hall–Kier alpha value is -3.68. The summed E-state index contributed by atoms with van der Waals surface area (Å²) >= 11 is 0. The van der Waals surface area contributed by atoms with E-state index in [1.807, 2.05) is 24.3 Å². The van der Waals surface area contributed by atoms with Crippen molar-refractivity contribution in [3.05, 3.63) is 66.6 Å². The number of ether oxygens (including phenoxy) is 1. The van der Waals surface area contributed by atoms with Crippen LogP contribution in [0.5, 0.6) is 11.6 Å². The molecule has 7 nitrogen and oxygen atoms in total. The Labute approximate surface area is 161 Å². The van der Waals surface area contributed by atoms with Crippen LogP contribution in [0.15, 0.2) is 60.8 Å². The quantitative estimate of drug-likeness (QED) is 0.699. The molecule has 28 heavy (non-hydrogen) atoms. The number of hydrogen-bond acceptors (Lipinski definition) is 5. The number of rotatable bonds is 5. The van der Waals surface area contributed by atoms with Crippen LogP contribution in [0.2, 0.25) is 0 Å². The number of halogens is 1. The zero-order valence-electron chi connectivity index (χ0n) is 14.9. The maximum atomic E-state index is 13.0. The molecule has 142 valence electrons. The summed E-state index contributed by atoms with van der Waals surface area (Å²) in [6.07, 6.45) is 2.46. The van der Waals surface area contributed by atoms with Crippen molar-refractivity contribution >= 4 is 23.4 Å². The predicted molar refractivity (Wildman–Crippen MR) is 104 cm³/mol. The first-order chi connectivity index (χ1) is 13.7. The standard InChI is InChI=1S/C20H18FN5O2/c21-14-5-7-17(8-6-14)28-18-9-11-22-19(25-18)24-15-3-1-4-16(13-15)26-12-2-10-23-20(26)27/h1,3-9,11,13H,2,10,12H2,(H,23,27)(H,22,24,25). The van der Waals surface area contributed by atoms with Crippen molar-refractivity contribution in [1.82, 2.24) is 15.3 Å². The first-order valence-electron chi connectivity index (χ1n) is 8.86. The fourth-order valence-electron chi connectivity index (χ4n) is 2.84. The Morgan fingerprint density at radius 2 is 2.00 bits per heavy atom. The molecule has 2 aromatic carbocycles. The third kappa shape index (κ3) is 4.17. The highest BCUT2D eigenvalue weighted by Crippen LogP contribution is 2.24. The molecule has 4 rings (SSSR count). The van der Waals surface area contributed by atoms with Gasteiger partial charge in [0.15, 0.2) is 0 Å². The van der Waals surface area contributed by atoms with E-state index in [4.69, 9.17) is 4.74 Å². The number of nitrogens with zero attached hydrogens (tertiary/aromatic N) is 3. The topological polar surface area (TPSA) is 79.4 Å². The maximum Gasteiger partial charge on any atom is 0.321 e. The monoisotopic (exact) mass is 379 g/mol. The maximum absolute atomic E-state index is 13.0. The summed E-state index contributed by atoms with van der Waals surface area (Å²) in [5.41, 5.74) is 1.54. The molecule has 0 spiro atoms. The summed E-state index contributed by atoms with van der Waals surface area (Å²) in [5, 5.41) is 5.95. The van der Waals surface area contributed by atoms with Crippen LogP contribution in [0.1, 0.15) is 6.42 Å². The van der Waals surface area contributed by atoms with Crippen LogP contribution in [0, 0.1) is 5.82 Å². The van der Waals surface area contributed by atoms with E-state index >= 15 is 0 Å². The summed E-state index contributed by atoms with van der Waals surface area (Å²) in [6, 6.07) is 14.7. The lowest BCUT2D eigenvalue weighted by Crippen LogP contribution is -2.46. The minimum absolute atomic E-state index is 0.102. The molecule has 1 saturated heterocycles. The minimum atomic E-state index is -0.334. The lowest BCUT2D eigenvalue weighted by Gasteiger charge is -2.27. The van der Waals surface area contributed by atoms with Crippen LogP contribution >= 0.6 is 0 Å². The van der Waals surface area contributed by atoms with Gasteiger partial charge in [0, 0.05) is 36.7 Å². The number of benzene rings is 2. The number of nitrogens with one attached hydrogen (secondary N) is 2. The molecule has 1 aromatic heterocycles. The number of carbonyl (C=O) groups is 1. The second-order valence-electron chi connectivity index (χ2n) is 6.19. The van der Waals surface area contributed by atoms with Crippen LogP contribution in [0.3, 0.4) is 0 Å². The molecule has 2 amide bonds. The highest BCUT2D eigenvalue weighted by molar-refractivity contribution is 5.93. The molecule has 2 heterocycles. The SMILES string of the molecule is O=C1NCCCN1c1cccc(Nc2nccc(Oc3ccc(F)cc3)n2)c1. The molecule has 2 N–H and O–H groups in total. The first-order valence-corrected chi connectivity index (χ1v) is 8.86. The van der Waals surface area contributed by atoms with Crippen molar-refractivity contribution in [2.45, 2.75) is 6.42 Å². The molecule has 0 saturated carbocycles. The van der Waals surface area contributed by atoms with Gasteiger partial charge in [-0.1, -0.05) is 6.07 Å². The fourth-order valence-corrected chi connectivity index (χ4v) is 2.84. The van der Waals surface area contributed by atoms with E-state index in [9.17, 15) is 9.18 Å². The lowest BCUT2D eigenvalue weighted by molar-refractivity contribution is 0.243. The third-order valence-corrected chi connectivity index (χ3v) is 4.16. The summed E-state index contributed by atoms with van der Waals surface area (Å²) < 4.78 is 18.6. The Balaban J connectivity index is 1.49. The van der Waals surface area contributed by atoms with Crippen molar-refractivity contribution in [3.63, 3.8) is 0 Å². The number of carbonyl (C=O) groups excluding carboxylic acids is 1. The largest absolute Gasteiger partial charge is 0.439 e. The Morgan fingerprint density at radius 1 is 1.14 bits per heavy atom. The van der Waals surface area contributed by atoms with Gasteiger partial charge in [0.05, 0.1) is 0 Å². The number of amides is 2. The Kier molecular flexibility index (Phi) is 5.01. The van der Waals surface area contributed by atoms with Gasteiger partial charge < -0.3 is 15.4 Å². The lowest BCUT2D eigenvalue weighted by atomic mass is 10.2. The van der Waals surface area contributed by atoms with Crippen molar-refractivity contribution in [2.75, 3.05) is 23.3 Å². The molecule has 8 heteroatoms. The Morgan fingerprint density at radius 3 is 2.82 bits per heavy atom. The Bertz CT molecular complexity index is 980. The van der Waals surface area contributed by atoms with E-state index in [0.717, 1.165) is 17.8 Å². The average Bonchev–Trinajstić information content (AvgIpc) is 2.71. The van der Waals surface area contributed by atoms with Gasteiger partial charge in [-0.2, -0.15) is 4.98 Å². The average molecular weight is 379 g/mol. The van der Waals surface area contributed by atoms with E-state index in [1.165, 1.54) is 24.3 Å². The zero-order chi connectivity index (χ0) is 19.3. The van der Waals surface area contributed by atoms with E-state index in [2.05, 4.69) is 20.6 Å². The van der Waals surface area contributed by atoms with Gasteiger partial charge in [-0.25, -0.2) is 14.2 Å². The van der Waals surface area contributed by atoms with E-state index in [0.29, 0.717) is 30.7 Å². The highest BCUT2D eigenvalue weighted by atomic mass is 19.1. The zero-order valence-corrected chi connectivity index (χ0v) is 14.9. The van der Waals surface area contributed by atoms with Gasteiger partial charge in [-0.15, -0.1) is 0 Å². The number of anilines is 3. The van der Waals surface area contributed by atoms with Gasteiger partial charge in [0.25, 0.3) is 0 Å². The third-order valence-electron chi connectivity index (χ3n) is 4.16. The summed E-state index contributed by atoms with van der Waals surface area (Å²) in [7, 11) is 0. The van der Waals surface area contributed by atoms with Crippen molar-refractivity contribution in [3.8, 4) is 11.6 Å². The van der Waals surface area contributed by atoms with Crippen LogP contribution in [-0.2, 0) is 0 Å². The summed E-state index contributed by atoms with van der Waals surface area (Å²) in [6.45, 7) is 1.37. The van der Waals surface area contributed by atoms with Gasteiger partial charge in [0.1, 0.15) is 11.6 Å². The van der Waals surface area contributed by atoms with E-state index in [1.54, 1.807) is 17.2 Å². The molecule has 1 fully saturated rings. The summed E-state index contributed by atoms with van der Waals surface area (Å²) in [5.74, 6) is 0.819. The van der Waals surface area contributed by atoms with Crippen LogP contribution in [0.4, 0.5) is 26.5 Å². The number of hydrogen-bond donors (Lipinski definition) is 2. The second kappa shape index (κ2) is 7.91. The number of urea groups is 1. The van der Waals surface area contributed by atoms with Crippen LogP contribution in [-0.4, -0.2) is 29.1 Å². The first kappa shape index (κ1) is 17.7. The number of aromatic nitrogens is 2. The van der Waals surface area contributed by atoms with Crippen molar-refractivity contribution in [1.29, 1.82) is 0 Å². The second-order valence-corrected chi connectivity index (χ2v) is 6.19. The predicted octanol–water partition coefficient (Wildman–Crippen LogP) is 4.07. The van der Waals surface area contributed by atoms with Gasteiger partial charge in [-0.05, 0) is 48.9 Å². The molecular weight excluding hydrogens is 361 g/mol.